The number of hydrogen-bond donors (Lipinski definition) is 2. The minimum Gasteiger partial charge on any atom is -0.289 e. The molecule has 3 aromatic heterocycles. The first-order valence-corrected chi connectivity index (χ1v) is 12.0. The molecule has 0 fully saturated rings. The summed E-state index contributed by atoms with van der Waals surface area (Å²) in [6.45, 7) is 0. The van der Waals surface area contributed by atoms with Crippen LogP contribution in [0, 0.1) is 0 Å². The lowest BCUT2D eigenvalue weighted by atomic mass is 9.95. The van der Waals surface area contributed by atoms with Crippen LogP contribution in [0.2, 0.25) is 0 Å². The van der Waals surface area contributed by atoms with Crippen LogP contribution in [0.25, 0.3) is 38.6 Å². The van der Waals surface area contributed by atoms with Gasteiger partial charge in [0.05, 0.1) is 11.4 Å². The lowest BCUT2D eigenvalue weighted by Gasteiger charge is -2.13. The fourth-order valence-electron chi connectivity index (χ4n) is 4.06. The lowest BCUT2D eigenvalue weighted by Crippen LogP contribution is -2.26. The molecule has 0 aliphatic carbocycles. The molecule has 0 bridgehead atoms. The van der Waals surface area contributed by atoms with E-state index in [4.69, 9.17) is 0 Å². The Bertz CT molecular complexity index is 1740. The lowest BCUT2D eigenvalue weighted by molar-refractivity contribution is 0.102. The number of aromatic nitrogens is 5. The summed E-state index contributed by atoms with van der Waals surface area (Å²) in [6.07, 6.45) is 0. The Hall–Kier alpha value is -4.89. The second-order valence-corrected chi connectivity index (χ2v) is 8.79. The number of rotatable bonds is 5. The molecule has 9 heteroatoms. The Morgan fingerprint density at radius 2 is 1.44 bits per heavy atom. The Labute approximate surface area is 208 Å². The van der Waals surface area contributed by atoms with Gasteiger partial charge in [-0.3, -0.25) is 14.9 Å². The molecule has 0 unspecified atom stereocenters. The highest BCUT2D eigenvalue weighted by molar-refractivity contribution is 7.15. The van der Waals surface area contributed by atoms with Gasteiger partial charge in [-0.05, 0) is 5.56 Å². The van der Waals surface area contributed by atoms with Gasteiger partial charge in [0.25, 0.3) is 17.4 Å². The SMILES string of the molecule is O=C(Nc1nc2scc(-c3ccccc3)n2n1)c1c(-c2ccccc2)c(-c2ccccc2)n[nH]c1=O. The van der Waals surface area contributed by atoms with Crippen molar-refractivity contribution in [3.63, 3.8) is 0 Å². The van der Waals surface area contributed by atoms with Crippen LogP contribution in [0.4, 0.5) is 5.95 Å². The number of hydrogen-bond acceptors (Lipinski definition) is 6. The van der Waals surface area contributed by atoms with Crippen LogP contribution in [0.5, 0.6) is 0 Å². The van der Waals surface area contributed by atoms with Crippen molar-refractivity contribution >= 4 is 28.2 Å². The standard InChI is InChI=1S/C27H18N6O2S/c34-24(28-26-29-27-33(32-26)20(16-36-27)17-10-4-1-5-11-17)22-21(18-12-6-2-7-13-18)23(30-31-25(22)35)19-14-8-3-9-15-19/h1-16H,(H,31,35)(H,28,32,34). The van der Waals surface area contributed by atoms with E-state index in [1.807, 2.05) is 96.4 Å². The van der Waals surface area contributed by atoms with Gasteiger partial charge in [-0.1, -0.05) is 91.0 Å². The van der Waals surface area contributed by atoms with Gasteiger partial charge in [-0.25, -0.2) is 9.61 Å². The predicted molar refractivity (Wildman–Crippen MR) is 140 cm³/mol. The summed E-state index contributed by atoms with van der Waals surface area (Å²) >= 11 is 1.42. The van der Waals surface area contributed by atoms with Crippen LogP contribution >= 0.6 is 11.3 Å². The van der Waals surface area contributed by atoms with E-state index in [0.717, 1.165) is 16.8 Å². The first kappa shape index (κ1) is 21.6. The zero-order valence-corrected chi connectivity index (χ0v) is 19.6. The molecule has 3 aromatic carbocycles. The van der Waals surface area contributed by atoms with Crippen molar-refractivity contribution in [3.05, 3.63) is 112 Å². The molecular formula is C27H18N6O2S. The van der Waals surface area contributed by atoms with Crippen molar-refractivity contribution in [1.82, 2.24) is 24.8 Å². The van der Waals surface area contributed by atoms with Crippen LogP contribution in [0.1, 0.15) is 10.4 Å². The zero-order chi connectivity index (χ0) is 24.5. The second-order valence-electron chi connectivity index (χ2n) is 7.95. The molecule has 6 aromatic rings. The van der Waals surface area contributed by atoms with Crippen LogP contribution in [0.3, 0.4) is 0 Å². The molecule has 36 heavy (non-hydrogen) atoms. The molecule has 0 spiro atoms. The first-order chi connectivity index (χ1) is 17.7. The number of H-pyrrole nitrogens is 1. The number of benzene rings is 3. The number of carbonyl (C=O) groups excluding carboxylic acids is 1. The van der Waals surface area contributed by atoms with Crippen LogP contribution in [0.15, 0.2) is 101 Å². The Kier molecular flexibility index (Phi) is 5.44. The molecule has 0 radical (unpaired) electrons. The summed E-state index contributed by atoms with van der Waals surface area (Å²) in [4.78, 5) is 31.6. The minimum absolute atomic E-state index is 0.0588. The van der Waals surface area contributed by atoms with Crippen molar-refractivity contribution < 1.29 is 4.79 Å². The Morgan fingerprint density at radius 1 is 0.833 bits per heavy atom. The number of nitrogens with zero attached hydrogens (tertiary/aromatic N) is 4. The van der Waals surface area contributed by atoms with E-state index >= 15 is 0 Å². The van der Waals surface area contributed by atoms with Crippen molar-refractivity contribution in [2.75, 3.05) is 5.32 Å². The quantitative estimate of drug-likeness (QED) is 0.349. The summed E-state index contributed by atoms with van der Waals surface area (Å²) < 4.78 is 1.68. The van der Waals surface area contributed by atoms with Gasteiger partial charge in [-0.2, -0.15) is 10.1 Å². The average molecular weight is 491 g/mol. The smallest absolute Gasteiger partial charge is 0.277 e. The summed E-state index contributed by atoms with van der Waals surface area (Å²) in [7, 11) is 0. The zero-order valence-electron chi connectivity index (χ0n) is 18.8. The maximum Gasteiger partial charge on any atom is 0.277 e. The van der Waals surface area contributed by atoms with Gasteiger partial charge in [0, 0.05) is 22.1 Å². The Balaban J connectivity index is 1.44. The van der Waals surface area contributed by atoms with Crippen LogP contribution in [-0.2, 0) is 0 Å². The molecule has 0 aliphatic rings. The maximum absolute atomic E-state index is 13.5. The van der Waals surface area contributed by atoms with Crippen molar-refractivity contribution in [2.45, 2.75) is 0 Å². The van der Waals surface area contributed by atoms with E-state index in [-0.39, 0.29) is 11.5 Å². The molecular weight excluding hydrogens is 472 g/mol. The minimum atomic E-state index is -0.616. The highest BCUT2D eigenvalue weighted by Gasteiger charge is 2.24. The van der Waals surface area contributed by atoms with Gasteiger partial charge < -0.3 is 0 Å². The fourth-order valence-corrected chi connectivity index (χ4v) is 4.89. The molecule has 6 rings (SSSR count). The number of thiazole rings is 1. The molecule has 0 atom stereocenters. The number of nitrogens with one attached hydrogen (secondary N) is 2. The molecule has 2 N–H and O–H groups in total. The van der Waals surface area contributed by atoms with Crippen LogP contribution in [-0.4, -0.2) is 30.7 Å². The van der Waals surface area contributed by atoms with E-state index < -0.39 is 11.5 Å². The first-order valence-electron chi connectivity index (χ1n) is 11.1. The topological polar surface area (TPSA) is 105 Å². The highest BCUT2D eigenvalue weighted by Crippen LogP contribution is 2.32. The molecule has 0 saturated carbocycles. The largest absolute Gasteiger partial charge is 0.289 e. The van der Waals surface area contributed by atoms with Crippen molar-refractivity contribution in [1.29, 1.82) is 0 Å². The van der Waals surface area contributed by atoms with Gasteiger partial charge >= 0.3 is 0 Å². The number of fused-ring (bicyclic) bond motifs is 1. The molecule has 8 nitrogen and oxygen atoms in total. The number of aromatic amines is 1. The molecule has 3 heterocycles. The number of carbonyl (C=O) groups is 1. The summed E-state index contributed by atoms with van der Waals surface area (Å²) in [6, 6.07) is 28.5. The van der Waals surface area contributed by atoms with Gasteiger partial charge in [-0.15, -0.1) is 16.4 Å². The molecule has 0 saturated heterocycles. The fraction of sp³-hybridized carbons (Fsp3) is 0. The third-order valence-corrected chi connectivity index (χ3v) is 6.51. The monoisotopic (exact) mass is 490 g/mol. The number of amides is 1. The Morgan fingerprint density at radius 3 is 2.11 bits per heavy atom. The molecule has 0 aliphatic heterocycles. The third kappa shape index (κ3) is 3.87. The van der Waals surface area contributed by atoms with E-state index in [1.165, 1.54) is 11.3 Å². The highest BCUT2D eigenvalue weighted by atomic mass is 32.1. The van der Waals surface area contributed by atoms with Gasteiger partial charge in [0.2, 0.25) is 4.96 Å². The summed E-state index contributed by atoms with van der Waals surface area (Å²) in [5.74, 6) is -0.505. The van der Waals surface area contributed by atoms with Crippen molar-refractivity contribution in [2.24, 2.45) is 0 Å². The van der Waals surface area contributed by atoms with E-state index in [1.54, 1.807) is 4.52 Å². The summed E-state index contributed by atoms with van der Waals surface area (Å²) in [5, 5.41) is 15.9. The normalized spacial score (nSPS) is 11.0. The third-order valence-electron chi connectivity index (χ3n) is 5.70. The average Bonchev–Trinajstić information content (AvgIpc) is 3.50. The second kappa shape index (κ2) is 9.05. The maximum atomic E-state index is 13.5. The summed E-state index contributed by atoms with van der Waals surface area (Å²) in [5.41, 5.74) is 3.59. The van der Waals surface area contributed by atoms with Gasteiger partial charge in [0.1, 0.15) is 5.56 Å². The van der Waals surface area contributed by atoms with Crippen molar-refractivity contribution in [3.8, 4) is 33.6 Å². The molecule has 174 valence electrons. The van der Waals surface area contributed by atoms with E-state index in [2.05, 4.69) is 25.6 Å². The van der Waals surface area contributed by atoms with Crippen LogP contribution < -0.4 is 10.9 Å². The van der Waals surface area contributed by atoms with E-state index in [9.17, 15) is 9.59 Å². The van der Waals surface area contributed by atoms with E-state index in [0.29, 0.717) is 21.8 Å². The predicted octanol–water partition coefficient (Wildman–Crippen LogP) is 5.13. The molecule has 1 amide bonds. The van der Waals surface area contributed by atoms with Gasteiger partial charge in [0.15, 0.2) is 0 Å². The number of anilines is 1.